The molecule has 2 unspecified atom stereocenters. The number of amidine groups is 1. The molecule has 4 heteroatoms. The average Bonchev–Trinajstić information content (AvgIpc) is 2.73. The van der Waals surface area contributed by atoms with Gasteiger partial charge in [0, 0.05) is 12.1 Å². The molecule has 0 spiro atoms. The number of fused-ring (bicyclic) bond motifs is 1. The van der Waals surface area contributed by atoms with Gasteiger partial charge in [0.2, 0.25) is 0 Å². The van der Waals surface area contributed by atoms with Crippen molar-refractivity contribution in [1.29, 1.82) is 0 Å². The number of benzene rings is 1. The van der Waals surface area contributed by atoms with E-state index in [1.165, 1.54) is 0 Å². The third-order valence-corrected chi connectivity index (χ3v) is 3.52. The molecule has 2 N–H and O–H groups in total. The van der Waals surface area contributed by atoms with Crippen molar-refractivity contribution in [3.8, 4) is 0 Å². The monoisotopic (exact) mass is 235 g/mol. The van der Waals surface area contributed by atoms with Gasteiger partial charge >= 0.3 is 0 Å². The van der Waals surface area contributed by atoms with Crippen LogP contribution in [0.1, 0.15) is 12.0 Å². The van der Waals surface area contributed by atoms with E-state index in [9.17, 15) is 0 Å². The van der Waals surface area contributed by atoms with Crippen LogP contribution >= 0.6 is 11.6 Å². The van der Waals surface area contributed by atoms with Crippen LogP contribution < -0.4 is 10.6 Å². The Morgan fingerprint density at radius 2 is 2.19 bits per heavy atom. The predicted octanol–water partition coefficient (Wildman–Crippen LogP) is 1.42. The topological polar surface area (TPSA) is 36.4 Å². The minimum Gasteiger partial charge on any atom is -0.364 e. The van der Waals surface area contributed by atoms with Gasteiger partial charge in [-0.2, -0.15) is 0 Å². The van der Waals surface area contributed by atoms with E-state index in [0.29, 0.717) is 12.1 Å². The zero-order valence-corrected chi connectivity index (χ0v) is 9.67. The van der Waals surface area contributed by atoms with E-state index in [0.717, 1.165) is 35.9 Å². The van der Waals surface area contributed by atoms with Gasteiger partial charge < -0.3 is 10.6 Å². The molecule has 0 aliphatic carbocycles. The van der Waals surface area contributed by atoms with Gasteiger partial charge in [0.05, 0.1) is 17.1 Å². The van der Waals surface area contributed by atoms with Gasteiger partial charge in [0.1, 0.15) is 5.84 Å². The second kappa shape index (κ2) is 4.07. The Hall–Kier alpha value is -1.06. The fourth-order valence-electron chi connectivity index (χ4n) is 2.33. The van der Waals surface area contributed by atoms with Crippen LogP contribution in [0.25, 0.3) is 0 Å². The number of piperidine rings is 1. The number of rotatable bonds is 1. The van der Waals surface area contributed by atoms with Crippen LogP contribution in [0.15, 0.2) is 29.3 Å². The van der Waals surface area contributed by atoms with Gasteiger partial charge in [0.15, 0.2) is 0 Å². The van der Waals surface area contributed by atoms with Crippen molar-refractivity contribution in [3.05, 3.63) is 34.9 Å². The first-order valence-corrected chi connectivity index (χ1v) is 6.02. The molecule has 0 amide bonds. The van der Waals surface area contributed by atoms with Gasteiger partial charge in [-0.3, -0.25) is 4.99 Å². The molecule has 1 aromatic carbocycles. The second-order valence-electron chi connectivity index (χ2n) is 4.27. The van der Waals surface area contributed by atoms with Crippen LogP contribution in [0.4, 0.5) is 0 Å². The van der Waals surface area contributed by atoms with Crippen LogP contribution in [0.5, 0.6) is 0 Å². The molecule has 3 nitrogen and oxygen atoms in total. The number of hydrogen-bond donors (Lipinski definition) is 2. The molecule has 0 radical (unpaired) electrons. The minimum atomic E-state index is 0.410. The molecule has 16 heavy (non-hydrogen) atoms. The van der Waals surface area contributed by atoms with Crippen LogP contribution in [0.2, 0.25) is 5.02 Å². The van der Waals surface area contributed by atoms with Crippen molar-refractivity contribution < 1.29 is 0 Å². The van der Waals surface area contributed by atoms with Crippen molar-refractivity contribution in [1.82, 2.24) is 10.6 Å². The van der Waals surface area contributed by atoms with Crippen molar-refractivity contribution in [2.45, 2.75) is 18.5 Å². The largest absolute Gasteiger partial charge is 0.364 e. The van der Waals surface area contributed by atoms with Gasteiger partial charge in [-0.15, -0.1) is 0 Å². The van der Waals surface area contributed by atoms with Crippen molar-refractivity contribution in [2.24, 2.45) is 4.99 Å². The maximum absolute atomic E-state index is 6.17. The summed E-state index contributed by atoms with van der Waals surface area (Å²) in [4.78, 5) is 4.72. The van der Waals surface area contributed by atoms with Gasteiger partial charge in [-0.1, -0.05) is 23.7 Å². The van der Waals surface area contributed by atoms with Gasteiger partial charge in [-0.05, 0) is 25.1 Å². The van der Waals surface area contributed by atoms with Gasteiger partial charge in [-0.25, -0.2) is 0 Å². The van der Waals surface area contributed by atoms with E-state index in [-0.39, 0.29) is 0 Å². The zero-order chi connectivity index (χ0) is 11.0. The molecule has 3 rings (SSSR count). The van der Waals surface area contributed by atoms with Crippen molar-refractivity contribution in [2.75, 3.05) is 13.1 Å². The third kappa shape index (κ3) is 1.70. The molecule has 84 valence electrons. The first kappa shape index (κ1) is 10.1. The zero-order valence-electron chi connectivity index (χ0n) is 8.91. The highest BCUT2D eigenvalue weighted by Gasteiger charge is 2.31. The van der Waals surface area contributed by atoms with E-state index in [2.05, 4.69) is 10.6 Å². The molecule has 0 saturated carbocycles. The summed E-state index contributed by atoms with van der Waals surface area (Å²) in [6.07, 6.45) is 1.10. The van der Waals surface area contributed by atoms with E-state index in [1.807, 2.05) is 24.3 Å². The Morgan fingerprint density at radius 1 is 1.31 bits per heavy atom. The molecule has 2 aliphatic heterocycles. The molecule has 1 fully saturated rings. The fraction of sp³-hybridized carbons (Fsp3) is 0.417. The number of hydrogen-bond acceptors (Lipinski definition) is 3. The molecule has 0 bridgehead atoms. The summed E-state index contributed by atoms with van der Waals surface area (Å²) in [6.45, 7) is 2.05. The lowest BCUT2D eigenvalue weighted by molar-refractivity contribution is 0.402. The first-order chi connectivity index (χ1) is 7.84. The smallest absolute Gasteiger partial charge is 0.130 e. The standard InChI is InChI=1S/C12H14ClN3/c13-9-4-2-1-3-8(9)12-15-10-5-6-14-7-11(10)16-12/h1-4,10-11,14H,5-7H2,(H,15,16). The summed E-state index contributed by atoms with van der Waals surface area (Å²) >= 11 is 6.17. The Morgan fingerprint density at radius 3 is 3.00 bits per heavy atom. The molecule has 2 aliphatic rings. The summed E-state index contributed by atoms with van der Waals surface area (Å²) in [5.74, 6) is 0.948. The van der Waals surface area contributed by atoms with Crippen LogP contribution in [-0.2, 0) is 0 Å². The maximum atomic E-state index is 6.17. The van der Waals surface area contributed by atoms with Gasteiger partial charge in [0.25, 0.3) is 0 Å². The lowest BCUT2D eigenvalue weighted by Crippen LogP contribution is -2.48. The average molecular weight is 236 g/mol. The lowest BCUT2D eigenvalue weighted by atomic mass is 10.0. The highest BCUT2D eigenvalue weighted by molar-refractivity contribution is 6.34. The number of nitrogens with zero attached hydrogens (tertiary/aromatic N) is 1. The van der Waals surface area contributed by atoms with E-state index < -0.39 is 0 Å². The van der Waals surface area contributed by atoms with Crippen LogP contribution in [0, 0.1) is 0 Å². The molecule has 2 heterocycles. The molecule has 0 aromatic heterocycles. The molecule has 2 atom stereocenters. The van der Waals surface area contributed by atoms with E-state index in [1.54, 1.807) is 0 Å². The Bertz CT molecular complexity index is 430. The highest BCUT2D eigenvalue weighted by Crippen LogP contribution is 2.21. The predicted molar refractivity (Wildman–Crippen MR) is 66.2 cm³/mol. The minimum absolute atomic E-state index is 0.410. The van der Waals surface area contributed by atoms with E-state index >= 15 is 0 Å². The molecular weight excluding hydrogens is 222 g/mol. The normalized spacial score (nSPS) is 28.2. The SMILES string of the molecule is Clc1ccccc1C1=NC2CCNCC2N1. The summed E-state index contributed by atoms with van der Waals surface area (Å²) in [5, 5.41) is 7.59. The van der Waals surface area contributed by atoms with Crippen LogP contribution in [-0.4, -0.2) is 31.0 Å². The molecule has 1 saturated heterocycles. The fourth-order valence-corrected chi connectivity index (χ4v) is 2.55. The molecule has 1 aromatic rings. The number of aliphatic imine (C=N–C) groups is 1. The Labute approximate surface area is 99.9 Å². The lowest BCUT2D eigenvalue weighted by Gasteiger charge is -2.24. The quantitative estimate of drug-likeness (QED) is 0.773. The van der Waals surface area contributed by atoms with E-state index in [4.69, 9.17) is 16.6 Å². The summed E-state index contributed by atoms with van der Waals surface area (Å²) in [5.41, 5.74) is 1.01. The van der Waals surface area contributed by atoms with Crippen molar-refractivity contribution in [3.63, 3.8) is 0 Å². The number of halogens is 1. The maximum Gasteiger partial charge on any atom is 0.130 e. The number of nitrogens with one attached hydrogen (secondary N) is 2. The molecular formula is C12H14ClN3. The Kier molecular flexibility index (Phi) is 2.58. The summed E-state index contributed by atoms with van der Waals surface area (Å²) in [6, 6.07) is 8.69. The third-order valence-electron chi connectivity index (χ3n) is 3.19. The highest BCUT2D eigenvalue weighted by atomic mass is 35.5. The second-order valence-corrected chi connectivity index (χ2v) is 4.68. The summed E-state index contributed by atoms with van der Waals surface area (Å²) in [7, 11) is 0. The van der Waals surface area contributed by atoms with Crippen LogP contribution in [0.3, 0.4) is 0 Å². The first-order valence-electron chi connectivity index (χ1n) is 5.64. The summed E-state index contributed by atoms with van der Waals surface area (Å²) < 4.78 is 0. The van der Waals surface area contributed by atoms with Crippen molar-refractivity contribution >= 4 is 17.4 Å². The Balaban J connectivity index is 1.89.